The molecule has 5 nitrogen and oxygen atoms in total. The third kappa shape index (κ3) is 4.31. The summed E-state index contributed by atoms with van der Waals surface area (Å²) in [5.41, 5.74) is 1.00. The number of hydrogen-bond acceptors (Lipinski definition) is 5. The van der Waals surface area contributed by atoms with Gasteiger partial charge >= 0.3 is 0 Å². The van der Waals surface area contributed by atoms with Crippen LogP contribution < -0.4 is 4.74 Å². The summed E-state index contributed by atoms with van der Waals surface area (Å²) in [6.07, 6.45) is 0.652. The van der Waals surface area contributed by atoms with Crippen LogP contribution in [0.1, 0.15) is 39.0 Å². The summed E-state index contributed by atoms with van der Waals surface area (Å²) in [6, 6.07) is 7.82. The number of fused-ring (bicyclic) bond motifs is 1. The molecule has 0 spiro atoms. The molecule has 146 valence electrons. The largest absolute Gasteiger partial charge is 0.497 e. The molecular formula is C20H32O5Si. The lowest BCUT2D eigenvalue weighted by atomic mass is 10.1. The van der Waals surface area contributed by atoms with Gasteiger partial charge in [0.2, 0.25) is 0 Å². The average molecular weight is 381 g/mol. The summed E-state index contributed by atoms with van der Waals surface area (Å²) < 4.78 is 29.7. The van der Waals surface area contributed by atoms with Crippen LogP contribution >= 0.6 is 0 Å². The van der Waals surface area contributed by atoms with Crippen LogP contribution in [-0.4, -0.2) is 47.0 Å². The van der Waals surface area contributed by atoms with Crippen molar-refractivity contribution in [1.82, 2.24) is 0 Å². The van der Waals surface area contributed by atoms with E-state index in [9.17, 15) is 0 Å². The van der Waals surface area contributed by atoms with Crippen LogP contribution in [0.4, 0.5) is 0 Å². The summed E-state index contributed by atoms with van der Waals surface area (Å²) in [4.78, 5) is 0. The van der Waals surface area contributed by atoms with E-state index in [0.29, 0.717) is 13.2 Å². The van der Waals surface area contributed by atoms with Gasteiger partial charge in [0.1, 0.15) is 11.9 Å². The second-order valence-electron chi connectivity index (χ2n) is 8.72. The fourth-order valence-electron chi connectivity index (χ4n) is 3.03. The van der Waals surface area contributed by atoms with Gasteiger partial charge in [-0.05, 0) is 30.3 Å². The molecule has 3 rings (SSSR count). The standard InChI is InChI=1S/C20H32O5Si/c1-20(2,3)26(5,6)23-12-16-11-17-18(24-16)13-22-19(25-17)14-7-9-15(21-4)10-8-14/h7-10,16-19H,11-13H2,1-6H3/t16-,17-,18-,19?/m0/s1. The second-order valence-corrected chi connectivity index (χ2v) is 13.5. The molecule has 2 saturated heterocycles. The van der Waals surface area contributed by atoms with Crippen LogP contribution in [0.25, 0.3) is 0 Å². The fourth-order valence-corrected chi connectivity index (χ4v) is 4.07. The van der Waals surface area contributed by atoms with Crippen LogP contribution in [-0.2, 0) is 18.6 Å². The van der Waals surface area contributed by atoms with E-state index in [4.69, 9.17) is 23.4 Å². The first kappa shape index (κ1) is 19.8. The van der Waals surface area contributed by atoms with Gasteiger partial charge in [0.25, 0.3) is 0 Å². The fraction of sp³-hybridized carbons (Fsp3) is 0.700. The van der Waals surface area contributed by atoms with Gasteiger partial charge in [-0.1, -0.05) is 32.9 Å². The highest BCUT2D eigenvalue weighted by atomic mass is 28.4. The first-order chi connectivity index (χ1) is 12.2. The van der Waals surface area contributed by atoms with Crippen molar-refractivity contribution in [1.29, 1.82) is 0 Å². The minimum Gasteiger partial charge on any atom is -0.497 e. The minimum atomic E-state index is -1.76. The molecule has 0 amide bonds. The summed E-state index contributed by atoms with van der Waals surface area (Å²) in [5.74, 6) is 0.828. The third-order valence-corrected chi connectivity index (χ3v) is 10.3. The van der Waals surface area contributed by atoms with Gasteiger partial charge in [-0.2, -0.15) is 0 Å². The summed E-state index contributed by atoms with van der Waals surface area (Å²) in [6.45, 7) is 12.5. The van der Waals surface area contributed by atoms with Crippen molar-refractivity contribution in [3.05, 3.63) is 29.8 Å². The van der Waals surface area contributed by atoms with Gasteiger partial charge in [0, 0.05) is 12.0 Å². The predicted molar refractivity (Wildman–Crippen MR) is 103 cm³/mol. The van der Waals surface area contributed by atoms with Gasteiger partial charge in [0.15, 0.2) is 14.6 Å². The van der Waals surface area contributed by atoms with Crippen molar-refractivity contribution in [3.63, 3.8) is 0 Å². The highest BCUT2D eigenvalue weighted by molar-refractivity contribution is 6.74. The van der Waals surface area contributed by atoms with Crippen LogP contribution in [0, 0.1) is 0 Å². The van der Waals surface area contributed by atoms with E-state index in [-0.39, 0.29) is 29.6 Å². The lowest BCUT2D eigenvalue weighted by Gasteiger charge is -2.36. The number of benzene rings is 1. The first-order valence-corrected chi connectivity index (χ1v) is 12.3. The molecule has 0 aliphatic carbocycles. The highest BCUT2D eigenvalue weighted by Gasteiger charge is 2.43. The molecule has 1 aromatic rings. The number of ether oxygens (including phenoxy) is 4. The zero-order valence-electron chi connectivity index (χ0n) is 16.8. The van der Waals surface area contributed by atoms with Gasteiger partial charge in [-0.15, -0.1) is 0 Å². The van der Waals surface area contributed by atoms with Crippen LogP contribution in [0.15, 0.2) is 24.3 Å². The zero-order chi connectivity index (χ0) is 18.9. The Kier molecular flexibility index (Phi) is 5.80. The quantitative estimate of drug-likeness (QED) is 0.713. The molecule has 2 aliphatic heterocycles. The minimum absolute atomic E-state index is 0.00230. The van der Waals surface area contributed by atoms with E-state index in [1.807, 2.05) is 24.3 Å². The Morgan fingerprint density at radius 1 is 1.08 bits per heavy atom. The number of rotatable bonds is 5. The molecule has 1 aromatic carbocycles. The Balaban J connectivity index is 1.54. The molecule has 0 aromatic heterocycles. The highest BCUT2D eigenvalue weighted by Crippen LogP contribution is 2.38. The molecule has 2 fully saturated rings. The maximum atomic E-state index is 6.32. The van der Waals surface area contributed by atoms with Gasteiger partial charge in [-0.25, -0.2) is 0 Å². The van der Waals surface area contributed by atoms with Crippen LogP contribution in [0.5, 0.6) is 5.75 Å². The van der Waals surface area contributed by atoms with Crippen molar-refractivity contribution in [2.45, 2.75) is 69.9 Å². The van der Waals surface area contributed by atoms with Crippen molar-refractivity contribution >= 4 is 8.32 Å². The van der Waals surface area contributed by atoms with Gasteiger partial charge in [0.05, 0.1) is 32.5 Å². The molecule has 6 heteroatoms. The van der Waals surface area contributed by atoms with Crippen molar-refractivity contribution in [2.75, 3.05) is 20.3 Å². The molecule has 0 radical (unpaired) electrons. The Morgan fingerprint density at radius 3 is 2.38 bits per heavy atom. The smallest absolute Gasteiger partial charge is 0.192 e. The molecule has 4 atom stereocenters. The average Bonchev–Trinajstić information content (AvgIpc) is 3.01. The Morgan fingerprint density at radius 2 is 1.77 bits per heavy atom. The van der Waals surface area contributed by atoms with E-state index in [2.05, 4.69) is 33.9 Å². The molecule has 1 unspecified atom stereocenters. The number of hydrogen-bond donors (Lipinski definition) is 0. The molecular weight excluding hydrogens is 348 g/mol. The number of methoxy groups -OCH3 is 1. The summed E-state index contributed by atoms with van der Waals surface area (Å²) in [5, 5.41) is 0.206. The van der Waals surface area contributed by atoms with E-state index < -0.39 is 8.32 Å². The predicted octanol–water partition coefficient (Wildman–Crippen LogP) is 4.29. The zero-order valence-corrected chi connectivity index (χ0v) is 17.8. The van der Waals surface area contributed by atoms with E-state index >= 15 is 0 Å². The topological polar surface area (TPSA) is 46.2 Å². The molecule has 0 bridgehead atoms. The van der Waals surface area contributed by atoms with E-state index in [0.717, 1.165) is 17.7 Å². The molecule has 0 N–H and O–H groups in total. The molecule has 0 saturated carbocycles. The van der Waals surface area contributed by atoms with Crippen molar-refractivity contribution < 1.29 is 23.4 Å². The van der Waals surface area contributed by atoms with Crippen molar-refractivity contribution in [2.24, 2.45) is 0 Å². The Bertz CT molecular complexity index is 595. The first-order valence-electron chi connectivity index (χ1n) is 9.40. The maximum Gasteiger partial charge on any atom is 0.192 e. The SMILES string of the molecule is COc1ccc(C2OC[C@@H]3O[C@H](CO[Si](C)(C)C(C)(C)C)C[C@@H]3O2)cc1. The second kappa shape index (κ2) is 7.60. The van der Waals surface area contributed by atoms with Crippen LogP contribution in [0.2, 0.25) is 18.1 Å². The lowest BCUT2D eigenvalue weighted by molar-refractivity contribution is -0.244. The van der Waals surface area contributed by atoms with Crippen LogP contribution in [0.3, 0.4) is 0 Å². The summed E-state index contributed by atoms with van der Waals surface area (Å²) >= 11 is 0. The van der Waals surface area contributed by atoms with E-state index in [1.165, 1.54) is 0 Å². The maximum absolute atomic E-state index is 6.32. The molecule has 2 heterocycles. The lowest BCUT2D eigenvalue weighted by Crippen LogP contribution is -2.42. The Hall–Kier alpha value is -0.923. The van der Waals surface area contributed by atoms with Gasteiger partial charge in [-0.3, -0.25) is 0 Å². The van der Waals surface area contributed by atoms with Crippen molar-refractivity contribution in [3.8, 4) is 5.75 Å². The third-order valence-electron chi connectivity index (χ3n) is 5.81. The molecule has 26 heavy (non-hydrogen) atoms. The summed E-state index contributed by atoms with van der Waals surface area (Å²) in [7, 11) is -0.0986. The Labute approximate surface area is 158 Å². The monoisotopic (exact) mass is 380 g/mol. The normalized spacial score (nSPS) is 29.5. The van der Waals surface area contributed by atoms with E-state index in [1.54, 1.807) is 7.11 Å². The molecule has 2 aliphatic rings. The van der Waals surface area contributed by atoms with Gasteiger partial charge < -0.3 is 23.4 Å².